The largest absolute Gasteiger partial charge is 0.493 e. The highest BCUT2D eigenvalue weighted by atomic mass is 16.5. The number of ether oxygens (including phenoxy) is 2. The van der Waals surface area contributed by atoms with Crippen LogP contribution in [0.1, 0.15) is 43.4 Å². The first-order valence-electron chi connectivity index (χ1n) is 6.84. The molecule has 2 aliphatic heterocycles. The summed E-state index contributed by atoms with van der Waals surface area (Å²) in [6.45, 7) is 3.76. The van der Waals surface area contributed by atoms with Crippen LogP contribution in [0.25, 0.3) is 0 Å². The molecule has 3 nitrogen and oxygen atoms in total. The van der Waals surface area contributed by atoms with Crippen molar-refractivity contribution in [3.8, 4) is 5.75 Å². The average Bonchev–Trinajstić information content (AvgIpc) is 2.86. The van der Waals surface area contributed by atoms with Crippen molar-refractivity contribution in [3.05, 3.63) is 29.3 Å². The molecule has 0 saturated carbocycles. The molecular weight excluding hydrogens is 226 g/mol. The van der Waals surface area contributed by atoms with E-state index in [-0.39, 0.29) is 11.6 Å². The highest BCUT2D eigenvalue weighted by molar-refractivity contribution is 5.41. The lowest BCUT2D eigenvalue weighted by atomic mass is 9.84. The number of nitrogens with two attached hydrogens (primary N) is 1. The predicted octanol–water partition coefficient (Wildman–Crippen LogP) is 2.58. The van der Waals surface area contributed by atoms with Crippen LogP contribution in [0.15, 0.2) is 18.2 Å². The smallest absolute Gasteiger partial charge is 0.122 e. The number of rotatable bonds is 2. The maximum absolute atomic E-state index is 6.43. The topological polar surface area (TPSA) is 44.5 Å². The van der Waals surface area contributed by atoms with Crippen LogP contribution in [-0.2, 0) is 11.2 Å². The van der Waals surface area contributed by atoms with Gasteiger partial charge in [0.25, 0.3) is 0 Å². The van der Waals surface area contributed by atoms with E-state index in [4.69, 9.17) is 15.2 Å². The number of hydrogen-bond acceptors (Lipinski definition) is 3. The van der Waals surface area contributed by atoms with E-state index in [0.717, 1.165) is 38.2 Å². The van der Waals surface area contributed by atoms with Crippen molar-refractivity contribution in [2.24, 2.45) is 5.73 Å². The highest BCUT2D eigenvalue weighted by Gasteiger charge is 2.35. The fourth-order valence-corrected chi connectivity index (χ4v) is 2.95. The first-order valence-corrected chi connectivity index (χ1v) is 6.84. The lowest BCUT2D eigenvalue weighted by Gasteiger charge is -2.39. The average molecular weight is 247 g/mol. The molecule has 1 aromatic rings. The van der Waals surface area contributed by atoms with E-state index in [2.05, 4.69) is 19.1 Å². The Labute approximate surface area is 108 Å². The lowest BCUT2D eigenvalue weighted by Crippen LogP contribution is -2.43. The molecule has 2 heterocycles. The van der Waals surface area contributed by atoms with Crippen molar-refractivity contribution in [2.45, 2.75) is 44.2 Å². The molecule has 3 heteroatoms. The molecule has 0 spiro atoms. The standard InChI is InChI=1S/C15H21NO2/c1-15(7-2-3-8-18-15)14(16)12-4-5-13-11(10-12)6-9-17-13/h4-5,10,14H,2-3,6-9,16H2,1H3. The maximum Gasteiger partial charge on any atom is 0.122 e. The first-order chi connectivity index (χ1) is 8.69. The molecule has 2 atom stereocenters. The molecule has 0 aliphatic carbocycles. The summed E-state index contributed by atoms with van der Waals surface area (Å²) in [6, 6.07) is 6.27. The second kappa shape index (κ2) is 4.56. The molecule has 0 aromatic heterocycles. The van der Waals surface area contributed by atoms with E-state index >= 15 is 0 Å². The third-order valence-corrected chi connectivity index (χ3v) is 4.23. The zero-order chi connectivity index (χ0) is 12.6. The van der Waals surface area contributed by atoms with E-state index in [1.165, 1.54) is 17.5 Å². The highest BCUT2D eigenvalue weighted by Crippen LogP contribution is 2.37. The Morgan fingerprint density at radius 2 is 2.17 bits per heavy atom. The van der Waals surface area contributed by atoms with Crippen molar-refractivity contribution in [1.29, 1.82) is 0 Å². The fraction of sp³-hybridized carbons (Fsp3) is 0.600. The van der Waals surface area contributed by atoms with Gasteiger partial charge in [-0.15, -0.1) is 0 Å². The van der Waals surface area contributed by atoms with E-state index < -0.39 is 0 Å². The minimum absolute atomic E-state index is 0.0521. The third kappa shape index (κ3) is 2.02. The van der Waals surface area contributed by atoms with Crippen LogP contribution in [0, 0.1) is 0 Å². The second-order valence-electron chi connectivity index (χ2n) is 5.56. The predicted molar refractivity (Wildman–Crippen MR) is 70.8 cm³/mol. The molecule has 0 amide bonds. The van der Waals surface area contributed by atoms with E-state index in [1.807, 2.05) is 6.07 Å². The molecule has 3 rings (SSSR count). The Bertz CT molecular complexity index is 438. The molecular formula is C15H21NO2. The van der Waals surface area contributed by atoms with E-state index in [1.54, 1.807) is 0 Å². The van der Waals surface area contributed by atoms with Gasteiger partial charge >= 0.3 is 0 Å². The van der Waals surface area contributed by atoms with Crippen LogP contribution in [0.4, 0.5) is 0 Å². The summed E-state index contributed by atoms with van der Waals surface area (Å²) in [6.07, 6.45) is 4.40. The van der Waals surface area contributed by atoms with Crippen molar-refractivity contribution in [1.82, 2.24) is 0 Å². The lowest BCUT2D eigenvalue weighted by molar-refractivity contribution is -0.0820. The Balaban J connectivity index is 1.85. The van der Waals surface area contributed by atoms with Gasteiger partial charge in [-0.2, -0.15) is 0 Å². The van der Waals surface area contributed by atoms with Crippen LogP contribution >= 0.6 is 0 Å². The quantitative estimate of drug-likeness (QED) is 0.873. The Morgan fingerprint density at radius 1 is 1.28 bits per heavy atom. The fourth-order valence-electron chi connectivity index (χ4n) is 2.95. The molecule has 1 fully saturated rings. The second-order valence-corrected chi connectivity index (χ2v) is 5.56. The molecule has 2 N–H and O–H groups in total. The monoisotopic (exact) mass is 247 g/mol. The number of fused-ring (bicyclic) bond motifs is 1. The SMILES string of the molecule is CC1(C(N)c2ccc3c(c2)CCO3)CCCCO1. The van der Waals surface area contributed by atoms with Gasteiger partial charge in [-0.1, -0.05) is 12.1 Å². The van der Waals surface area contributed by atoms with Crippen molar-refractivity contribution in [3.63, 3.8) is 0 Å². The van der Waals surface area contributed by atoms with Crippen molar-refractivity contribution in [2.75, 3.05) is 13.2 Å². The van der Waals surface area contributed by atoms with Gasteiger partial charge in [0.1, 0.15) is 5.75 Å². The third-order valence-electron chi connectivity index (χ3n) is 4.23. The molecule has 1 saturated heterocycles. The zero-order valence-electron chi connectivity index (χ0n) is 10.9. The Kier molecular flexibility index (Phi) is 3.04. The minimum Gasteiger partial charge on any atom is -0.493 e. The van der Waals surface area contributed by atoms with Gasteiger partial charge in [0.2, 0.25) is 0 Å². The molecule has 2 aliphatic rings. The molecule has 98 valence electrons. The summed E-state index contributed by atoms with van der Waals surface area (Å²) >= 11 is 0. The van der Waals surface area contributed by atoms with Gasteiger partial charge in [0, 0.05) is 13.0 Å². The van der Waals surface area contributed by atoms with Crippen LogP contribution in [0.2, 0.25) is 0 Å². The van der Waals surface area contributed by atoms with E-state index in [9.17, 15) is 0 Å². The zero-order valence-corrected chi connectivity index (χ0v) is 10.9. The first kappa shape index (κ1) is 12.0. The molecule has 1 aromatic carbocycles. The molecule has 0 radical (unpaired) electrons. The molecule has 18 heavy (non-hydrogen) atoms. The van der Waals surface area contributed by atoms with Crippen LogP contribution in [-0.4, -0.2) is 18.8 Å². The summed E-state index contributed by atoms with van der Waals surface area (Å²) < 4.78 is 11.5. The van der Waals surface area contributed by atoms with Gasteiger partial charge in [0.15, 0.2) is 0 Å². The van der Waals surface area contributed by atoms with Crippen LogP contribution in [0.5, 0.6) is 5.75 Å². The minimum atomic E-state index is -0.216. The summed E-state index contributed by atoms with van der Waals surface area (Å²) in [7, 11) is 0. The maximum atomic E-state index is 6.43. The van der Waals surface area contributed by atoms with Crippen LogP contribution in [0.3, 0.4) is 0 Å². The summed E-state index contributed by atoms with van der Waals surface area (Å²) in [5, 5.41) is 0. The Hall–Kier alpha value is -1.06. The van der Waals surface area contributed by atoms with Gasteiger partial charge < -0.3 is 15.2 Å². The normalized spacial score (nSPS) is 28.6. The van der Waals surface area contributed by atoms with Gasteiger partial charge in [-0.25, -0.2) is 0 Å². The summed E-state index contributed by atoms with van der Waals surface area (Å²) in [5.74, 6) is 1.01. The molecule has 2 unspecified atom stereocenters. The van der Waals surface area contributed by atoms with Gasteiger partial charge in [-0.3, -0.25) is 0 Å². The van der Waals surface area contributed by atoms with Gasteiger partial charge in [0.05, 0.1) is 18.2 Å². The molecule has 0 bridgehead atoms. The number of benzene rings is 1. The number of hydrogen-bond donors (Lipinski definition) is 1. The van der Waals surface area contributed by atoms with Crippen LogP contribution < -0.4 is 10.5 Å². The summed E-state index contributed by atoms with van der Waals surface area (Å²) in [5.41, 5.74) is 8.67. The van der Waals surface area contributed by atoms with Crippen molar-refractivity contribution < 1.29 is 9.47 Å². The van der Waals surface area contributed by atoms with Crippen molar-refractivity contribution >= 4 is 0 Å². The van der Waals surface area contributed by atoms with E-state index in [0.29, 0.717) is 0 Å². The summed E-state index contributed by atoms with van der Waals surface area (Å²) in [4.78, 5) is 0. The van der Waals surface area contributed by atoms with Gasteiger partial charge in [-0.05, 0) is 43.4 Å². The Morgan fingerprint density at radius 3 is 2.94 bits per heavy atom.